The van der Waals surface area contributed by atoms with Crippen molar-refractivity contribution in [2.45, 2.75) is 33.9 Å². The van der Waals surface area contributed by atoms with Crippen LogP contribution in [0.25, 0.3) is 16.7 Å². The van der Waals surface area contributed by atoms with Gasteiger partial charge in [0, 0.05) is 18.0 Å². The van der Waals surface area contributed by atoms with Gasteiger partial charge in [0.2, 0.25) is 5.91 Å². The van der Waals surface area contributed by atoms with Gasteiger partial charge in [-0.05, 0) is 56.2 Å². The number of fused-ring (bicyclic) bond motifs is 1. The van der Waals surface area contributed by atoms with E-state index < -0.39 is 0 Å². The molecule has 2 aromatic carbocycles. The summed E-state index contributed by atoms with van der Waals surface area (Å²) in [7, 11) is 1.61. The third-order valence-electron chi connectivity index (χ3n) is 5.52. The van der Waals surface area contributed by atoms with Gasteiger partial charge in [-0.15, -0.1) is 0 Å². The minimum atomic E-state index is -0.248. The molecule has 7 heteroatoms. The lowest BCUT2D eigenvalue weighted by Crippen LogP contribution is -2.32. The molecule has 0 bridgehead atoms. The summed E-state index contributed by atoms with van der Waals surface area (Å²) in [4.78, 5) is 25.7. The number of pyridine rings is 1. The van der Waals surface area contributed by atoms with Crippen LogP contribution in [0.1, 0.15) is 22.4 Å². The zero-order chi connectivity index (χ0) is 22.8. The Labute approximate surface area is 186 Å². The van der Waals surface area contributed by atoms with Crippen molar-refractivity contribution in [3.8, 4) is 11.4 Å². The molecule has 1 amide bonds. The van der Waals surface area contributed by atoms with Crippen molar-refractivity contribution in [3.05, 3.63) is 87.3 Å². The highest BCUT2D eigenvalue weighted by Crippen LogP contribution is 2.24. The maximum Gasteiger partial charge on any atom is 0.252 e. The van der Waals surface area contributed by atoms with Crippen molar-refractivity contribution in [2.75, 3.05) is 7.11 Å². The van der Waals surface area contributed by atoms with Gasteiger partial charge in [0.05, 0.1) is 18.5 Å². The molecular formula is C25H26N4O3. The molecule has 1 N–H and O–H groups in total. The summed E-state index contributed by atoms with van der Waals surface area (Å²) in [5.74, 6) is 0.510. The van der Waals surface area contributed by atoms with E-state index >= 15 is 0 Å². The summed E-state index contributed by atoms with van der Waals surface area (Å²) < 4.78 is 8.40. The molecule has 0 atom stereocenters. The van der Waals surface area contributed by atoms with Crippen LogP contribution in [-0.2, 0) is 17.9 Å². The van der Waals surface area contributed by atoms with Crippen LogP contribution in [0.15, 0.2) is 59.4 Å². The lowest BCUT2D eigenvalue weighted by Gasteiger charge is -2.13. The van der Waals surface area contributed by atoms with Crippen LogP contribution in [-0.4, -0.2) is 27.4 Å². The smallest absolute Gasteiger partial charge is 0.252 e. The number of methoxy groups -OCH3 is 1. The van der Waals surface area contributed by atoms with Crippen LogP contribution >= 0.6 is 0 Å². The molecule has 2 heterocycles. The molecule has 164 valence electrons. The molecule has 0 fully saturated rings. The van der Waals surface area contributed by atoms with Crippen molar-refractivity contribution in [3.63, 3.8) is 0 Å². The normalized spacial score (nSPS) is 11.0. The summed E-state index contributed by atoms with van der Waals surface area (Å²) in [6.07, 6.45) is 0. The van der Waals surface area contributed by atoms with Gasteiger partial charge in [-0.3, -0.25) is 14.2 Å². The Morgan fingerprint density at radius 3 is 2.38 bits per heavy atom. The molecule has 4 rings (SSSR count). The molecule has 7 nitrogen and oxygen atoms in total. The Morgan fingerprint density at radius 2 is 1.72 bits per heavy atom. The van der Waals surface area contributed by atoms with Crippen molar-refractivity contribution in [2.24, 2.45) is 0 Å². The van der Waals surface area contributed by atoms with E-state index in [2.05, 4.69) is 10.4 Å². The second-order valence-corrected chi connectivity index (χ2v) is 7.91. The number of rotatable bonds is 6. The number of nitrogens with one attached hydrogen (secondary N) is 1. The number of carbonyl (C=O) groups excluding carboxylic acids is 1. The molecule has 0 saturated carbocycles. The summed E-state index contributed by atoms with van der Waals surface area (Å²) in [5, 5.41) is 8.46. The van der Waals surface area contributed by atoms with Gasteiger partial charge in [-0.25, -0.2) is 4.68 Å². The average molecular weight is 431 g/mol. The van der Waals surface area contributed by atoms with Crippen LogP contribution in [0.4, 0.5) is 0 Å². The first-order valence-electron chi connectivity index (χ1n) is 10.4. The summed E-state index contributed by atoms with van der Waals surface area (Å²) in [6, 6.07) is 17.0. The zero-order valence-electron chi connectivity index (χ0n) is 18.7. The van der Waals surface area contributed by atoms with Gasteiger partial charge in [0.1, 0.15) is 17.9 Å². The standard InChI is InChI=1S/C25H26N4O3/c1-16-5-9-20(10-6-16)29-25-24(18(3)27-29)17(2)13-23(31)28(25)15-22(30)26-14-19-7-11-21(32-4)12-8-19/h5-13H,14-15H2,1-4H3,(H,26,30). The van der Waals surface area contributed by atoms with Gasteiger partial charge >= 0.3 is 0 Å². The Hall–Kier alpha value is -3.87. The van der Waals surface area contributed by atoms with Crippen molar-refractivity contribution in [1.82, 2.24) is 19.7 Å². The van der Waals surface area contributed by atoms with Crippen LogP contribution < -0.4 is 15.6 Å². The lowest BCUT2D eigenvalue weighted by atomic mass is 10.1. The van der Waals surface area contributed by atoms with Crippen LogP contribution in [0.3, 0.4) is 0 Å². The number of hydrogen-bond donors (Lipinski definition) is 1. The number of aromatic nitrogens is 3. The summed E-state index contributed by atoms with van der Waals surface area (Å²) in [5.41, 5.74) is 4.96. The minimum Gasteiger partial charge on any atom is -0.497 e. The lowest BCUT2D eigenvalue weighted by molar-refractivity contribution is -0.121. The topological polar surface area (TPSA) is 78.2 Å². The number of benzene rings is 2. The maximum atomic E-state index is 12.9. The monoisotopic (exact) mass is 430 g/mol. The van der Waals surface area contributed by atoms with E-state index in [9.17, 15) is 9.59 Å². The van der Waals surface area contributed by atoms with Gasteiger partial charge in [-0.2, -0.15) is 5.10 Å². The number of carbonyl (C=O) groups is 1. The number of nitrogens with zero attached hydrogens (tertiary/aromatic N) is 3. The summed E-state index contributed by atoms with van der Waals surface area (Å²) >= 11 is 0. The molecular weight excluding hydrogens is 404 g/mol. The second-order valence-electron chi connectivity index (χ2n) is 7.91. The Kier molecular flexibility index (Phi) is 5.81. The fourth-order valence-corrected chi connectivity index (χ4v) is 3.83. The number of hydrogen-bond acceptors (Lipinski definition) is 4. The van der Waals surface area contributed by atoms with Crippen molar-refractivity contribution >= 4 is 16.9 Å². The highest BCUT2D eigenvalue weighted by atomic mass is 16.5. The fourth-order valence-electron chi connectivity index (χ4n) is 3.83. The molecule has 0 aliphatic rings. The SMILES string of the molecule is COc1ccc(CNC(=O)Cn2c(=O)cc(C)c3c(C)nn(-c4ccc(C)cc4)c32)cc1. The van der Waals surface area contributed by atoms with Crippen LogP contribution in [0, 0.1) is 20.8 Å². The highest BCUT2D eigenvalue weighted by molar-refractivity contribution is 5.85. The molecule has 0 saturated heterocycles. The molecule has 0 unspecified atom stereocenters. The van der Waals surface area contributed by atoms with E-state index in [0.29, 0.717) is 12.2 Å². The Bertz CT molecular complexity index is 1330. The quantitative estimate of drug-likeness (QED) is 0.508. The van der Waals surface area contributed by atoms with E-state index in [1.807, 2.05) is 69.3 Å². The van der Waals surface area contributed by atoms with E-state index in [1.165, 1.54) is 4.57 Å². The third kappa shape index (κ3) is 4.14. The van der Waals surface area contributed by atoms with Gasteiger partial charge in [0.25, 0.3) is 5.56 Å². The molecule has 0 spiro atoms. The number of aryl methyl sites for hydroxylation is 3. The fraction of sp³-hybridized carbons (Fsp3) is 0.240. The molecule has 4 aromatic rings. The predicted octanol–water partition coefficient (Wildman–Crippen LogP) is 3.44. The first-order chi connectivity index (χ1) is 15.4. The van der Waals surface area contributed by atoms with E-state index in [4.69, 9.17) is 4.74 Å². The largest absolute Gasteiger partial charge is 0.497 e. The van der Waals surface area contributed by atoms with E-state index in [1.54, 1.807) is 17.9 Å². The van der Waals surface area contributed by atoms with Gasteiger partial charge < -0.3 is 10.1 Å². The zero-order valence-corrected chi connectivity index (χ0v) is 18.7. The first kappa shape index (κ1) is 21.4. The molecule has 2 aromatic heterocycles. The minimum absolute atomic E-state index is 0.0945. The highest BCUT2D eigenvalue weighted by Gasteiger charge is 2.18. The Morgan fingerprint density at radius 1 is 1.03 bits per heavy atom. The van der Waals surface area contributed by atoms with Crippen LogP contribution in [0.5, 0.6) is 5.75 Å². The molecule has 0 radical (unpaired) electrons. The number of ether oxygens (including phenoxy) is 1. The second kappa shape index (κ2) is 8.70. The molecule has 32 heavy (non-hydrogen) atoms. The average Bonchev–Trinajstić information content (AvgIpc) is 3.13. The molecule has 0 aliphatic heterocycles. The maximum absolute atomic E-state index is 12.9. The summed E-state index contributed by atoms with van der Waals surface area (Å²) in [6.45, 7) is 6.10. The van der Waals surface area contributed by atoms with E-state index in [-0.39, 0.29) is 18.0 Å². The molecule has 0 aliphatic carbocycles. The Balaban J connectivity index is 1.67. The van der Waals surface area contributed by atoms with Gasteiger partial charge in [0.15, 0.2) is 0 Å². The van der Waals surface area contributed by atoms with Crippen molar-refractivity contribution < 1.29 is 9.53 Å². The van der Waals surface area contributed by atoms with Crippen molar-refractivity contribution in [1.29, 1.82) is 0 Å². The third-order valence-corrected chi connectivity index (χ3v) is 5.52. The van der Waals surface area contributed by atoms with E-state index in [0.717, 1.165) is 39.2 Å². The first-order valence-corrected chi connectivity index (χ1v) is 10.4. The van der Waals surface area contributed by atoms with Gasteiger partial charge in [-0.1, -0.05) is 29.8 Å². The predicted molar refractivity (Wildman–Crippen MR) is 124 cm³/mol. The number of amides is 1. The van der Waals surface area contributed by atoms with Crippen LogP contribution in [0.2, 0.25) is 0 Å².